The molecule has 0 aliphatic carbocycles. The van der Waals surface area contributed by atoms with Gasteiger partial charge in [-0.15, -0.1) is 11.3 Å². The van der Waals surface area contributed by atoms with Crippen molar-refractivity contribution in [2.75, 3.05) is 39.0 Å². The van der Waals surface area contributed by atoms with Crippen molar-refractivity contribution in [3.63, 3.8) is 0 Å². The van der Waals surface area contributed by atoms with Crippen LogP contribution in [0.25, 0.3) is 10.2 Å². The van der Waals surface area contributed by atoms with Crippen LogP contribution in [0.3, 0.4) is 0 Å². The van der Waals surface area contributed by atoms with Crippen LogP contribution in [-0.4, -0.2) is 58.7 Å². The maximum absolute atomic E-state index is 12.8. The Labute approximate surface area is 128 Å². The smallest absolute Gasteiger partial charge is 0.266 e. The molecule has 0 bridgehead atoms. The minimum absolute atomic E-state index is 0.0587. The lowest BCUT2D eigenvalue weighted by Gasteiger charge is -2.20. The van der Waals surface area contributed by atoms with E-state index in [4.69, 9.17) is 5.73 Å². The fourth-order valence-electron chi connectivity index (χ4n) is 2.88. The van der Waals surface area contributed by atoms with Gasteiger partial charge in [0.15, 0.2) is 0 Å². The quantitative estimate of drug-likeness (QED) is 0.862. The number of amides is 1. The second-order valence-corrected chi connectivity index (χ2v) is 6.68. The molecule has 2 aromatic rings. The topological polar surface area (TPSA) is 67.4 Å². The molecular formula is C14H21N5OS. The van der Waals surface area contributed by atoms with Gasteiger partial charge < -0.3 is 15.5 Å². The second kappa shape index (κ2) is 5.31. The highest BCUT2D eigenvalue weighted by molar-refractivity contribution is 7.21. The van der Waals surface area contributed by atoms with Crippen LogP contribution in [0.15, 0.2) is 0 Å². The summed E-state index contributed by atoms with van der Waals surface area (Å²) in [6.45, 7) is 5.45. The van der Waals surface area contributed by atoms with E-state index in [2.05, 4.69) is 17.0 Å². The number of carbonyl (C=O) groups excluding carboxylic acids is 1. The number of rotatable bonds is 1. The Bertz CT molecular complexity index is 689. The van der Waals surface area contributed by atoms with Gasteiger partial charge in [-0.3, -0.25) is 9.48 Å². The molecule has 6 nitrogen and oxygen atoms in total. The van der Waals surface area contributed by atoms with Crippen LogP contribution in [0.5, 0.6) is 0 Å². The van der Waals surface area contributed by atoms with Crippen molar-refractivity contribution in [3.8, 4) is 0 Å². The van der Waals surface area contributed by atoms with E-state index in [-0.39, 0.29) is 5.91 Å². The summed E-state index contributed by atoms with van der Waals surface area (Å²) in [4.78, 5) is 18.6. The zero-order valence-electron chi connectivity index (χ0n) is 12.7. The van der Waals surface area contributed by atoms with E-state index in [0.29, 0.717) is 10.6 Å². The van der Waals surface area contributed by atoms with Crippen LogP contribution >= 0.6 is 11.3 Å². The SMILES string of the molecule is Cc1nn(C)c2sc(C(=O)N3CCCN(C)CC3)c(N)c12. The number of nitrogen functional groups attached to an aromatic ring is 1. The summed E-state index contributed by atoms with van der Waals surface area (Å²) in [5.41, 5.74) is 7.70. The molecule has 2 N–H and O–H groups in total. The highest BCUT2D eigenvalue weighted by atomic mass is 32.1. The number of thiophene rings is 1. The zero-order chi connectivity index (χ0) is 15.1. The molecule has 3 rings (SSSR count). The summed E-state index contributed by atoms with van der Waals surface area (Å²) in [5.74, 6) is 0.0587. The molecule has 0 atom stereocenters. The van der Waals surface area contributed by atoms with E-state index < -0.39 is 0 Å². The number of hydrogen-bond acceptors (Lipinski definition) is 5. The Hall–Kier alpha value is -1.60. The van der Waals surface area contributed by atoms with Crippen molar-refractivity contribution in [1.29, 1.82) is 0 Å². The number of hydrogen-bond donors (Lipinski definition) is 1. The number of nitrogens with two attached hydrogens (primary N) is 1. The predicted molar refractivity (Wildman–Crippen MR) is 85.8 cm³/mol. The third kappa shape index (κ3) is 2.40. The Balaban J connectivity index is 1.94. The minimum atomic E-state index is 0.0587. The first-order valence-corrected chi connectivity index (χ1v) is 8.00. The highest BCUT2D eigenvalue weighted by Gasteiger charge is 2.25. The van der Waals surface area contributed by atoms with Gasteiger partial charge in [0.05, 0.1) is 16.8 Å². The number of aromatic nitrogens is 2. The Kier molecular flexibility index (Phi) is 3.62. The molecule has 7 heteroatoms. The van der Waals surface area contributed by atoms with E-state index in [1.165, 1.54) is 11.3 Å². The number of nitrogens with zero attached hydrogens (tertiary/aromatic N) is 4. The molecule has 0 saturated carbocycles. The third-order valence-corrected chi connectivity index (χ3v) is 5.34. The first-order chi connectivity index (χ1) is 9.99. The van der Waals surface area contributed by atoms with E-state index in [0.717, 1.165) is 48.5 Å². The molecule has 0 spiro atoms. The fraction of sp³-hybridized carbons (Fsp3) is 0.571. The molecule has 1 amide bonds. The van der Waals surface area contributed by atoms with Crippen LogP contribution in [0.2, 0.25) is 0 Å². The van der Waals surface area contributed by atoms with Gasteiger partial charge in [0.2, 0.25) is 0 Å². The molecule has 0 unspecified atom stereocenters. The summed E-state index contributed by atoms with van der Waals surface area (Å²) in [7, 11) is 3.98. The predicted octanol–water partition coefficient (Wildman–Crippen LogP) is 1.30. The average Bonchev–Trinajstić information content (AvgIpc) is 2.82. The van der Waals surface area contributed by atoms with Gasteiger partial charge in [-0.1, -0.05) is 0 Å². The highest BCUT2D eigenvalue weighted by Crippen LogP contribution is 2.36. The molecule has 1 fully saturated rings. The molecule has 1 saturated heterocycles. The van der Waals surface area contributed by atoms with Gasteiger partial charge >= 0.3 is 0 Å². The van der Waals surface area contributed by atoms with Crippen molar-refractivity contribution < 1.29 is 4.79 Å². The summed E-state index contributed by atoms with van der Waals surface area (Å²) in [5, 5.41) is 5.29. The van der Waals surface area contributed by atoms with Crippen LogP contribution < -0.4 is 5.73 Å². The number of fused-ring (bicyclic) bond motifs is 1. The molecular weight excluding hydrogens is 286 g/mol. The molecule has 3 heterocycles. The number of anilines is 1. The lowest BCUT2D eigenvalue weighted by atomic mass is 10.2. The van der Waals surface area contributed by atoms with Gasteiger partial charge in [0.1, 0.15) is 9.71 Å². The minimum Gasteiger partial charge on any atom is -0.397 e. The molecule has 1 aliphatic rings. The van der Waals surface area contributed by atoms with Crippen LogP contribution in [0, 0.1) is 6.92 Å². The Morgan fingerprint density at radius 3 is 2.71 bits per heavy atom. The lowest BCUT2D eigenvalue weighted by Crippen LogP contribution is -2.34. The second-order valence-electron chi connectivity index (χ2n) is 5.68. The Morgan fingerprint density at radius 1 is 1.24 bits per heavy atom. The van der Waals surface area contributed by atoms with Crippen molar-refractivity contribution in [1.82, 2.24) is 19.6 Å². The van der Waals surface area contributed by atoms with Gasteiger partial charge in [-0.2, -0.15) is 5.10 Å². The first kappa shape index (κ1) is 14.3. The summed E-state index contributed by atoms with van der Waals surface area (Å²) in [6.07, 6.45) is 1.01. The summed E-state index contributed by atoms with van der Waals surface area (Å²) >= 11 is 1.45. The molecule has 2 aromatic heterocycles. The summed E-state index contributed by atoms with van der Waals surface area (Å²) in [6, 6.07) is 0. The number of carbonyl (C=O) groups is 1. The lowest BCUT2D eigenvalue weighted by molar-refractivity contribution is 0.0768. The first-order valence-electron chi connectivity index (χ1n) is 7.18. The molecule has 114 valence electrons. The van der Waals surface area contributed by atoms with Gasteiger partial charge in [-0.05, 0) is 26.9 Å². The molecule has 1 aliphatic heterocycles. The normalized spacial score (nSPS) is 17.4. The van der Waals surface area contributed by atoms with E-state index in [1.807, 2.05) is 18.9 Å². The van der Waals surface area contributed by atoms with Crippen LogP contribution in [0.4, 0.5) is 5.69 Å². The molecule has 0 radical (unpaired) electrons. The number of likely N-dealkylation sites (N-methyl/N-ethyl adjacent to an activating group) is 1. The zero-order valence-corrected chi connectivity index (χ0v) is 13.5. The van der Waals surface area contributed by atoms with Crippen LogP contribution in [-0.2, 0) is 7.05 Å². The summed E-state index contributed by atoms with van der Waals surface area (Å²) < 4.78 is 1.80. The molecule has 0 aromatic carbocycles. The van der Waals surface area contributed by atoms with Crippen molar-refractivity contribution in [3.05, 3.63) is 10.6 Å². The molecule has 21 heavy (non-hydrogen) atoms. The third-order valence-electron chi connectivity index (χ3n) is 4.08. The van der Waals surface area contributed by atoms with Crippen molar-refractivity contribution >= 4 is 33.1 Å². The number of aryl methyl sites for hydroxylation is 2. The van der Waals surface area contributed by atoms with E-state index in [9.17, 15) is 4.79 Å². The van der Waals surface area contributed by atoms with E-state index in [1.54, 1.807) is 4.68 Å². The average molecular weight is 307 g/mol. The van der Waals surface area contributed by atoms with Crippen molar-refractivity contribution in [2.45, 2.75) is 13.3 Å². The Morgan fingerprint density at radius 2 is 2.00 bits per heavy atom. The standard InChI is InChI=1S/C14H21N5OS/c1-9-10-11(15)12(21-14(10)18(3)16-9)13(20)19-6-4-5-17(2)7-8-19/h4-8,15H2,1-3H3. The van der Waals surface area contributed by atoms with Crippen molar-refractivity contribution in [2.24, 2.45) is 7.05 Å². The van der Waals surface area contributed by atoms with Crippen LogP contribution in [0.1, 0.15) is 21.8 Å². The van der Waals surface area contributed by atoms with Gasteiger partial charge in [0.25, 0.3) is 5.91 Å². The van der Waals surface area contributed by atoms with Gasteiger partial charge in [0, 0.05) is 26.7 Å². The van der Waals surface area contributed by atoms with Gasteiger partial charge in [-0.25, -0.2) is 0 Å². The monoisotopic (exact) mass is 307 g/mol. The van der Waals surface area contributed by atoms with E-state index >= 15 is 0 Å². The largest absolute Gasteiger partial charge is 0.397 e. The maximum Gasteiger partial charge on any atom is 0.266 e. The maximum atomic E-state index is 12.8. The fourth-order valence-corrected chi connectivity index (χ4v) is 4.04.